The van der Waals surface area contributed by atoms with E-state index in [0.29, 0.717) is 18.1 Å². The van der Waals surface area contributed by atoms with Gasteiger partial charge in [-0.25, -0.2) is 4.79 Å². The molecule has 0 saturated heterocycles. The van der Waals surface area contributed by atoms with Gasteiger partial charge in [0.1, 0.15) is 0 Å². The van der Waals surface area contributed by atoms with Crippen LogP contribution in [0.15, 0.2) is 12.2 Å². The van der Waals surface area contributed by atoms with Crippen molar-refractivity contribution in [3.05, 3.63) is 12.2 Å². The number of hydrogen-bond donors (Lipinski definition) is 0. The maximum Gasteiger partial charge on any atom is 0.333 e. The van der Waals surface area contributed by atoms with Crippen molar-refractivity contribution in [2.24, 2.45) is 23.7 Å². The van der Waals surface area contributed by atoms with Crippen LogP contribution in [0.3, 0.4) is 0 Å². The Bertz CT molecular complexity index is 290. The fourth-order valence-electron chi connectivity index (χ4n) is 3.77. The van der Waals surface area contributed by atoms with Crippen LogP contribution in [0, 0.1) is 23.7 Å². The second-order valence-electron chi connectivity index (χ2n) is 6.26. The third kappa shape index (κ3) is 3.34. The Labute approximate surface area is 104 Å². The van der Waals surface area contributed by atoms with E-state index in [0.717, 1.165) is 17.8 Å². The number of carbonyl (C=O) groups excluding carboxylic acids is 1. The van der Waals surface area contributed by atoms with E-state index in [1.807, 2.05) is 0 Å². The van der Waals surface area contributed by atoms with Gasteiger partial charge >= 0.3 is 5.97 Å². The first kappa shape index (κ1) is 12.7. The molecule has 0 aromatic rings. The molecule has 0 N–H and O–H groups in total. The Morgan fingerprint density at radius 3 is 2.29 bits per heavy atom. The molecule has 2 aliphatic rings. The molecule has 0 heterocycles. The molecular formula is C15H24O2. The van der Waals surface area contributed by atoms with E-state index in [9.17, 15) is 4.79 Å². The lowest BCUT2D eigenvalue weighted by atomic mass is 9.65. The van der Waals surface area contributed by atoms with Crippen LogP contribution in [0.2, 0.25) is 0 Å². The largest absolute Gasteiger partial charge is 0.462 e. The molecule has 0 radical (unpaired) electrons. The van der Waals surface area contributed by atoms with Crippen LogP contribution in [-0.4, -0.2) is 12.6 Å². The van der Waals surface area contributed by atoms with E-state index in [1.54, 1.807) is 6.92 Å². The van der Waals surface area contributed by atoms with Crippen LogP contribution in [0.25, 0.3) is 0 Å². The third-order valence-corrected chi connectivity index (χ3v) is 4.27. The molecule has 0 spiro atoms. The Balaban J connectivity index is 1.80. The van der Waals surface area contributed by atoms with Gasteiger partial charge in [-0.15, -0.1) is 0 Å². The third-order valence-electron chi connectivity index (χ3n) is 4.27. The zero-order valence-corrected chi connectivity index (χ0v) is 11.1. The molecule has 2 nitrogen and oxygen atoms in total. The van der Waals surface area contributed by atoms with Crippen molar-refractivity contribution in [2.45, 2.75) is 46.0 Å². The van der Waals surface area contributed by atoms with Crippen LogP contribution in [0.1, 0.15) is 46.0 Å². The molecule has 0 aromatic carbocycles. The minimum atomic E-state index is -0.228. The van der Waals surface area contributed by atoms with Gasteiger partial charge in [0.25, 0.3) is 0 Å². The predicted molar refractivity (Wildman–Crippen MR) is 68.5 cm³/mol. The Hall–Kier alpha value is -0.790. The molecule has 0 aliphatic heterocycles. The summed E-state index contributed by atoms with van der Waals surface area (Å²) in [5.41, 5.74) is 0.509. The van der Waals surface area contributed by atoms with Gasteiger partial charge in [0, 0.05) is 5.57 Å². The normalized spacial score (nSPS) is 36.4. The van der Waals surface area contributed by atoms with E-state index < -0.39 is 0 Å². The maximum absolute atomic E-state index is 11.4. The van der Waals surface area contributed by atoms with Gasteiger partial charge in [-0.3, -0.25) is 0 Å². The molecule has 2 bridgehead atoms. The van der Waals surface area contributed by atoms with Crippen molar-refractivity contribution in [3.63, 3.8) is 0 Å². The molecule has 2 aliphatic carbocycles. The van der Waals surface area contributed by atoms with Gasteiger partial charge in [-0.2, -0.15) is 0 Å². The Morgan fingerprint density at radius 2 is 1.76 bits per heavy atom. The Kier molecular flexibility index (Phi) is 3.90. The molecular weight excluding hydrogens is 212 g/mol. The monoisotopic (exact) mass is 236 g/mol. The van der Waals surface area contributed by atoms with Gasteiger partial charge < -0.3 is 4.74 Å². The minimum Gasteiger partial charge on any atom is -0.462 e. The summed E-state index contributed by atoms with van der Waals surface area (Å²) in [5, 5.41) is 0. The van der Waals surface area contributed by atoms with Gasteiger partial charge in [0.05, 0.1) is 6.61 Å². The summed E-state index contributed by atoms with van der Waals surface area (Å²) < 4.78 is 5.30. The first-order valence-electron chi connectivity index (χ1n) is 6.87. The highest BCUT2D eigenvalue weighted by molar-refractivity contribution is 5.86. The second kappa shape index (κ2) is 5.24. The number of carbonyl (C=O) groups is 1. The number of ether oxygens (including phenoxy) is 1. The van der Waals surface area contributed by atoms with E-state index in [2.05, 4.69) is 13.5 Å². The molecule has 17 heavy (non-hydrogen) atoms. The van der Waals surface area contributed by atoms with Crippen LogP contribution in [-0.2, 0) is 9.53 Å². The van der Waals surface area contributed by atoms with E-state index in [-0.39, 0.29) is 5.97 Å². The van der Waals surface area contributed by atoms with Crippen LogP contribution in [0.5, 0.6) is 0 Å². The van der Waals surface area contributed by atoms with Crippen molar-refractivity contribution in [1.82, 2.24) is 0 Å². The summed E-state index contributed by atoms with van der Waals surface area (Å²) in [6.07, 6.45) is 6.67. The zero-order valence-electron chi connectivity index (χ0n) is 11.1. The highest BCUT2D eigenvalue weighted by Crippen LogP contribution is 2.44. The van der Waals surface area contributed by atoms with Gasteiger partial charge in [0.15, 0.2) is 0 Å². The van der Waals surface area contributed by atoms with Crippen LogP contribution in [0.4, 0.5) is 0 Å². The molecule has 0 amide bonds. The summed E-state index contributed by atoms with van der Waals surface area (Å²) in [5.74, 6) is 3.03. The zero-order chi connectivity index (χ0) is 12.4. The fourth-order valence-corrected chi connectivity index (χ4v) is 3.77. The van der Waals surface area contributed by atoms with Crippen molar-refractivity contribution in [1.29, 1.82) is 0 Å². The molecule has 96 valence electrons. The quantitative estimate of drug-likeness (QED) is 0.553. The maximum atomic E-state index is 11.4. The summed E-state index contributed by atoms with van der Waals surface area (Å²) in [6, 6.07) is 0. The first-order chi connectivity index (χ1) is 8.04. The van der Waals surface area contributed by atoms with Crippen molar-refractivity contribution in [2.75, 3.05) is 6.61 Å². The average Bonchev–Trinajstić information content (AvgIpc) is 2.24. The van der Waals surface area contributed by atoms with Gasteiger partial charge in [0.2, 0.25) is 0 Å². The van der Waals surface area contributed by atoms with E-state index in [1.165, 1.54) is 32.1 Å². The highest BCUT2D eigenvalue weighted by Gasteiger charge is 2.34. The topological polar surface area (TPSA) is 26.3 Å². The van der Waals surface area contributed by atoms with Crippen molar-refractivity contribution < 1.29 is 9.53 Å². The Morgan fingerprint density at radius 1 is 1.18 bits per heavy atom. The van der Waals surface area contributed by atoms with Crippen LogP contribution >= 0.6 is 0 Å². The van der Waals surface area contributed by atoms with Crippen LogP contribution < -0.4 is 0 Å². The number of fused-ring (bicyclic) bond motifs is 2. The highest BCUT2D eigenvalue weighted by atomic mass is 16.5. The summed E-state index contributed by atoms with van der Waals surface area (Å²) >= 11 is 0. The smallest absolute Gasteiger partial charge is 0.333 e. The molecule has 2 atom stereocenters. The minimum absolute atomic E-state index is 0.228. The summed E-state index contributed by atoms with van der Waals surface area (Å²) in [7, 11) is 0. The van der Waals surface area contributed by atoms with Gasteiger partial charge in [-0.1, -0.05) is 13.5 Å². The van der Waals surface area contributed by atoms with E-state index in [4.69, 9.17) is 4.74 Å². The first-order valence-corrected chi connectivity index (χ1v) is 6.87. The molecule has 2 unspecified atom stereocenters. The molecule has 2 heteroatoms. The summed E-state index contributed by atoms with van der Waals surface area (Å²) in [6.45, 7) is 8.30. The van der Waals surface area contributed by atoms with Crippen molar-refractivity contribution >= 4 is 5.97 Å². The lowest BCUT2D eigenvalue weighted by molar-refractivity contribution is -0.141. The number of hydrogen-bond acceptors (Lipinski definition) is 2. The SMILES string of the molecule is C=C(C)C(=O)OCC1CC2CC(C)CC(C1)C2. The summed E-state index contributed by atoms with van der Waals surface area (Å²) in [4.78, 5) is 11.4. The standard InChI is InChI=1S/C15H24O2/c1-10(2)15(16)17-9-14-7-12-4-11(3)5-13(6-12)8-14/h11-14H,1,4-9H2,2-3H3. The predicted octanol–water partition coefficient (Wildman–Crippen LogP) is 3.57. The van der Waals surface area contributed by atoms with E-state index >= 15 is 0 Å². The lowest BCUT2D eigenvalue weighted by Crippen LogP contribution is -2.32. The molecule has 0 aromatic heterocycles. The second-order valence-corrected chi connectivity index (χ2v) is 6.26. The van der Waals surface area contributed by atoms with Crippen molar-refractivity contribution in [3.8, 4) is 0 Å². The van der Waals surface area contributed by atoms with Gasteiger partial charge in [-0.05, 0) is 62.7 Å². The fraction of sp³-hybridized carbons (Fsp3) is 0.800. The molecule has 2 saturated carbocycles. The number of rotatable bonds is 3. The molecule has 2 rings (SSSR count). The average molecular weight is 236 g/mol. The molecule has 2 fully saturated rings. The lowest BCUT2D eigenvalue weighted by Gasteiger charge is -2.41. The number of esters is 1.